The molecular formula is C29H34N4O. The van der Waals surface area contributed by atoms with E-state index in [2.05, 4.69) is 66.3 Å². The fourth-order valence-corrected chi connectivity index (χ4v) is 5.30. The summed E-state index contributed by atoms with van der Waals surface area (Å²) in [6.45, 7) is 16.2. The number of H-pyrrole nitrogens is 1. The molecule has 176 valence electrons. The average molecular weight is 455 g/mol. The highest BCUT2D eigenvalue weighted by atomic mass is 16.5. The molecule has 1 saturated heterocycles. The molecule has 1 aliphatic heterocycles. The Bertz CT molecular complexity index is 1240. The standard InChI is InChI=1S/C29H34N4O/c1-6-23-24(9-7-22(18-30)28(23)31-4)29-27(19(2)3)25-17-21(8-10-26(25)32-29)20-11-13-33(14-12-20)15-16-34-5/h6-10,17,19-20,32H,1,4,11-16H2,2-3,5H3. The number of rotatable bonds is 8. The lowest BCUT2D eigenvalue weighted by atomic mass is 9.87. The number of ether oxygens (including phenoxy) is 1. The highest BCUT2D eigenvalue weighted by molar-refractivity contribution is 5.95. The van der Waals surface area contributed by atoms with Crippen LogP contribution < -0.4 is 0 Å². The minimum Gasteiger partial charge on any atom is -0.383 e. The zero-order chi connectivity index (χ0) is 24.2. The summed E-state index contributed by atoms with van der Waals surface area (Å²) in [7, 11) is 1.77. The zero-order valence-electron chi connectivity index (χ0n) is 20.5. The summed E-state index contributed by atoms with van der Waals surface area (Å²) < 4.78 is 5.25. The Balaban J connectivity index is 1.76. The van der Waals surface area contributed by atoms with E-state index in [-0.39, 0.29) is 0 Å². The van der Waals surface area contributed by atoms with Crippen LogP contribution in [0.3, 0.4) is 0 Å². The van der Waals surface area contributed by atoms with E-state index in [0.717, 1.165) is 48.6 Å². The number of aromatic nitrogens is 1. The van der Waals surface area contributed by atoms with Crippen LogP contribution in [0.15, 0.2) is 41.9 Å². The number of aromatic amines is 1. The van der Waals surface area contributed by atoms with Crippen molar-refractivity contribution in [3.8, 4) is 17.3 Å². The number of hydrogen-bond donors (Lipinski definition) is 1. The second kappa shape index (κ2) is 10.4. The summed E-state index contributed by atoms with van der Waals surface area (Å²) in [5.41, 5.74) is 7.85. The van der Waals surface area contributed by atoms with Gasteiger partial charge in [-0.15, -0.1) is 0 Å². The van der Waals surface area contributed by atoms with E-state index in [1.165, 1.54) is 29.4 Å². The number of methoxy groups -OCH3 is 1. The number of hydrogen-bond acceptors (Lipinski definition) is 4. The van der Waals surface area contributed by atoms with Gasteiger partial charge < -0.3 is 14.6 Å². The Hall–Kier alpha value is -3.20. The van der Waals surface area contributed by atoms with Gasteiger partial charge in [-0.05, 0) is 73.8 Å². The van der Waals surface area contributed by atoms with Gasteiger partial charge in [0.05, 0.1) is 23.6 Å². The number of nitriles is 1. The first-order valence-corrected chi connectivity index (χ1v) is 12.1. The van der Waals surface area contributed by atoms with Crippen molar-refractivity contribution in [3.63, 3.8) is 0 Å². The normalized spacial score (nSPS) is 15.0. The summed E-state index contributed by atoms with van der Waals surface area (Å²) in [5, 5.41) is 10.8. The van der Waals surface area contributed by atoms with E-state index in [1.807, 2.05) is 12.1 Å². The maximum absolute atomic E-state index is 9.51. The van der Waals surface area contributed by atoms with Crippen LogP contribution in [0.4, 0.5) is 5.69 Å². The van der Waals surface area contributed by atoms with Gasteiger partial charge in [0.2, 0.25) is 0 Å². The Morgan fingerprint density at radius 3 is 2.65 bits per heavy atom. The summed E-state index contributed by atoms with van der Waals surface area (Å²) in [6.07, 6.45) is 4.13. The van der Waals surface area contributed by atoms with Gasteiger partial charge >= 0.3 is 0 Å². The van der Waals surface area contributed by atoms with Crippen LogP contribution in [0.5, 0.6) is 0 Å². The van der Waals surface area contributed by atoms with Gasteiger partial charge in [-0.2, -0.15) is 5.26 Å². The van der Waals surface area contributed by atoms with Gasteiger partial charge in [-0.1, -0.05) is 38.6 Å². The third-order valence-corrected chi connectivity index (χ3v) is 7.08. The van der Waals surface area contributed by atoms with Crippen molar-refractivity contribution in [2.75, 3.05) is 33.4 Å². The third kappa shape index (κ3) is 4.44. The number of nitrogens with one attached hydrogen (secondary N) is 1. The number of nitrogens with zero attached hydrogens (tertiary/aromatic N) is 3. The molecule has 2 heterocycles. The third-order valence-electron chi connectivity index (χ3n) is 7.08. The second-order valence-electron chi connectivity index (χ2n) is 9.38. The van der Waals surface area contributed by atoms with Gasteiger partial charge in [0.15, 0.2) is 0 Å². The summed E-state index contributed by atoms with van der Waals surface area (Å²) >= 11 is 0. The van der Waals surface area contributed by atoms with Gasteiger partial charge in [-0.3, -0.25) is 4.99 Å². The van der Waals surface area contributed by atoms with Gasteiger partial charge in [0.25, 0.3) is 0 Å². The first-order chi connectivity index (χ1) is 16.5. The Morgan fingerprint density at radius 1 is 1.26 bits per heavy atom. The van der Waals surface area contributed by atoms with Crippen LogP contribution in [0.2, 0.25) is 0 Å². The largest absolute Gasteiger partial charge is 0.383 e. The number of piperidine rings is 1. The smallest absolute Gasteiger partial charge is 0.101 e. The number of likely N-dealkylation sites (tertiary alicyclic amines) is 1. The molecule has 2 aromatic carbocycles. The highest BCUT2D eigenvalue weighted by Crippen LogP contribution is 2.42. The molecule has 0 bridgehead atoms. The lowest BCUT2D eigenvalue weighted by Crippen LogP contribution is -2.35. The monoisotopic (exact) mass is 454 g/mol. The molecule has 0 atom stereocenters. The summed E-state index contributed by atoms with van der Waals surface area (Å²) in [5.74, 6) is 0.903. The molecule has 3 aromatic rings. The van der Waals surface area contributed by atoms with E-state index in [9.17, 15) is 5.26 Å². The SMILES string of the molecule is C=Cc1c(-c2[nH]c3ccc(C4CCN(CCOC)CC4)cc3c2C(C)C)ccc(C#N)c1N=C. The van der Waals surface area contributed by atoms with Gasteiger partial charge in [0, 0.05) is 35.7 Å². The summed E-state index contributed by atoms with van der Waals surface area (Å²) in [4.78, 5) is 10.3. The number of aliphatic imine (C=N–C) groups is 1. The van der Waals surface area contributed by atoms with E-state index in [0.29, 0.717) is 23.1 Å². The van der Waals surface area contributed by atoms with E-state index < -0.39 is 0 Å². The fourth-order valence-electron chi connectivity index (χ4n) is 5.30. The van der Waals surface area contributed by atoms with Crippen molar-refractivity contribution in [2.45, 2.75) is 38.5 Å². The molecule has 0 saturated carbocycles. The minimum atomic E-state index is 0.323. The van der Waals surface area contributed by atoms with Crippen molar-refractivity contribution in [3.05, 3.63) is 59.2 Å². The van der Waals surface area contributed by atoms with Crippen molar-refractivity contribution >= 4 is 29.4 Å². The van der Waals surface area contributed by atoms with Crippen LogP contribution in [0.1, 0.15) is 60.8 Å². The van der Waals surface area contributed by atoms with Crippen molar-refractivity contribution in [1.82, 2.24) is 9.88 Å². The molecule has 5 heteroatoms. The minimum absolute atomic E-state index is 0.323. The molecule has 0 amide bonds. The molecular weight excluding hydrogens is 420 g/mol. The quantitative estimate of drug-likeness (QED) is 0.389. The second-order valence-corrected chi connectivity index (χ2v) is 9.38. The molecule has 4 rings (SSSR count). The van der Waals surface area contributed by atoms with E-state index in [1.54, 1.807) is 13.2 Å². The first-order valence-electron chi connectivity index (χ1n) is 12.1. The molecule has 1 fully saturated rings. The van der Waals surface area contributed by atoms with Gasteiger partial charge in [-0.25, -0.2) is 0 Å². The average Bonchev–Trinajstić information content (AvgIpc) is 3.25. The van der Waals surface area contributed by atoms with Crippen LogP contribution in [-0.2, 0) is 4.74 Å². The van der Waals surface area contributed by atoms with Gasteiger partial charge in [0.1, 0.15) is 6.07 Å². The molecule has 1 N–H and O–H groups in total. The number of benzene rings is 2. The molecule has 5 nitrogen and oxygen atoms in total. The molecule has 34 heavy (non-hydrogen) atoms. The lowest BCUT2D eigenvalue weighted by Gasteiger charge is -2.32. The van der Waals surface area contributed by atoms with Crippen molar-refractivity contribution < 1.29 is 4.74 Å². The Labute approximate surface area is 202 Å². The first kappa shape index (κ1) is 23.9. The molecule has 1 aliphatic rings. The van der Waals surface area contributed by atoms with E-state index in [4.69, 9.17) is 4.74 Å². The van der Waals surface area contributed by atoms with Crippen molar-refractivity contribution in [1.29, 1.82) is 5.26 Å². The molecule has 1 aromatic heterocycles. The van der Waals surface area contributed by atoms with Crippen LogP contribution >= 0.6 is 0 Å². The van der Waals surface area contributed by atoms with Crippen LogP contribution in [-0.4, -0.2) is 50.0 Å². The van der Waals surface area contributed by atoms with Crippen LogP contribution in [0, 0.1) is 11.3 Å². The van der Waals surface area contributed by atoms with E-state index >= 15 is 0 Å². The topological polar surface area (TPSA) is 64.4 Å². The fraction of sp³-hybridized carbons (Fsp3) is 0.379. The maximum Gasteiger partial charge on any atom is 0.101 e. The molecule has 0 unspecified atom stereocenters. The lowest BCUT2D eigenvalue weighted by molar-refractivity contribution is 0.130. The predicted molar refractivity (Wildman–Crippen MR) is 142 cm³/mol. The zero-order valence-corrected chi connectivity index (χ0v) is 20.5. The van der Waals surface area contributed by atoms with Crippen molar-refractivity contribution in [2.24, 2.45) is 4.99 Å². The maximum atomic E-state index is 9.51. The number of fused-ring (bicyclic) bond motifs is 1. The molecule has 0 radical (unpaired) electrons. The summed E-state index contributed by atoms with van der Waals surface area (Å²) in [6, 6.07) is 12.9. The highest BCUT2D eigenvalue weighted by Gasteiger charge is 2.24. The van der Waals surface area contributed by atoms with Crippen LogP contribution in [0.25, 0.3) is 28.2 Å². The molecule has 0 spiro atoms. The molecule has 0 aliphatic carbocycles. The predicted octanol–water partition coefficient (Wildman–Crippen LogP) is 6.63. The Kier molecular flexibility index (Phi) is 7.31. The Morgan fingerprint density at radius 2 is 2.03 bits per heavy atom.